The first kappa shape index (κ1) is 18.5. The number of hydrogen-bond donors (Lipinski definition) is 1. The first-order valence-corrected chi connectivity index (χ1v) is 9.66. The standard InChI is InChI=1S/C21H21ClN4O2/c1-14-6-7-19(23-12-14)28-15-8-10-26(11-9-15)21(27)17-13-24-25-20(17)16-4-2-3-5-18(16)22/h2-7,12-13,15H,8-11H2,1H3,(H,24,25). The third kappa shape index (κ3) is 3.87. The summed E-state index contributed by atoms with van der Waals surface area (Å²) >= 11 is 6.29. The highest BCUT2D eigenvalue weighted by Crippen LogP contribution is 2.29. The van der Waals surface area contributed by atoms with Gasteiger partial charge in [-0.1, -0.05) is 35.9 Å². The lowest BCUT2D eigenvalue weighted by Gasteiger charge is -2.32. The molecule has 6 nitrogen and oxygen atoms in total. The average Bonchev–Trinajstić information content (AvgIpc) is 3.20. The van der Waals surface area contributed by atoms with Gasteiger partial charge in [0.15, 0.2) is 0 Å². The van der Waals surface area contributed by atoms with Crippen molar-refractivity contribution in [3.63, 3.8) is 0 Å². The van der Waals surface area contributed by atoms with E-state index in [2.05, 4.69) is 15.2 Å². The molecule has 0 unspecified atom stereocenters. The molecule has 144 valence electrons. The maximum Gasteiger partial charge on any atom is 0.257 e. The van der Waals surface area contributed by atoms with Gasteiger partial charge in [-0.2, -0.15) is 5.10 Å². The Balaban J connectivity index is 1.42. The van der Waals surface area contributed by atoms with E-state index in [-0.39, 0.29) is 12.0 Å². The number of H-pyrrole nitrogens is 1. The Bertz CT molecular complexity index is 963. The van der Waals surface area contributed by atoms with Gasteiger partial charge in [0, 0.05) is 48.8 Å². The number of aromatic nitrogens is 3. The average molecular weight is 397 g/mol. The normalized spacial score (nSPS) is 14.9. The third-order valence-corrected chi connectivity index (χ3v) is 5.24. The van der Waals surface area contributed by atoms with Crippen LogP contribution in [0.4, 0.5) is 0 Å². The smallest absolute Gasteiger partial charge is 0.257 e. The number of pyridine rings is 1. The summed E-state index contributed by atoms with van der Waals surface area (Å²) in [4.78, 5) is 19.2. The van der Waals surface area contributed by atoms with Gasteiger partial charge in [-0.15, -0.1) is 0 Å². The topological polar surface area (TPSA) is 71.1 Å². The second kappa shape index (κ2) is 8.02. The number of nitrogens with zero attached hydrogens (tertiary/aromatic N) is 3. The zero-order valence-electron chi connectivity index (χ0n) is 15.6. The molecule has 1 aromatic carbocycles. The molecule has 1 aliphatic rings. The van der Waals surface area contributed by atoms with E-state index in [0.29, 0.717) is 35.2 Å². The van der Waals surface area contributed by atoms with Crippen LogP contribution >= 0.6 is 11.6 Å². The Morgan fingerprint density at radius 1 is 1.18 bits per heavy atom. The third-order valence-electron chi connectivity index (χ3n) is 4.91. The van der Waals surface area contributed by atoms with Crippen molar-refractivity contribution in [2.75, 3.05) is 13.1 Å². The number of halogens is 1. The molecule has 28 heavy (non-hydrogen) atoms. The first-order chi connectivity index (χ1) is 13.6. The Kier molecular flexibility index (Phi) is 5.30. The minimum Gasteiger partial charge on any atom is -0.474 e. The fourth-order valence-electron chi connectivity index (χ4n) is 3.36. The number of piperidine rings is 1. The fourth-order valence-corrected chi connectivity index (χ4v) is 3.59. The number of aryl methyl sites for hydroxylation is 1. The van der Waals surface area contributed by atoms with Gasteiger partial charge >= 0.3 is 0 Å². The Hall–Kier alpha value is -2.86. The predicted octanol–water partition coefficient (Wildman–Crippen LogP) is 4.12. The molecule has 0 bridgehead atoms. The minimum atomic E-state index is -0.0458. The Labute approximate surface area is 168 Å². The molecule has 0 aliphatic carbocycles. The number of hydrogen-bond acceptors (Lipinski definition) is 4. The van der Waals surface area contributed by atoms with E-state index < -0.39 is 0 Å². The number of carbonyl (C=O) groups is 1. The summed E-state index contributed by atoms with van der Waals surface area (Å²) in [7, 11) is 0. The van der Waals surface area contributed by atoms with Crippen molar-refractivity contribution >= 4 is 17.5 Å². The molecule has 1 saturated heterocycles. The van der Waals surface area contributed by atoms with Crippen molar-refractivity contribution in [2.45, 2.75) is 25.9 Å². The Morgan fingerprint density at radius 3 is 2.68 bits per heavy atom. The van der Waals surface area contributed by atoms with Gasteiger partial charge in [0.25, 0.3) is 5.91 Å². The van der Waals surface area contributed by atoms with Crippen LogP contribution in [-0.4, -0.2) is 45.2 Å². The lowest BCUT2D eigenvalue weighted by molar-refractivity contribution is 0.0588. The number of rotatable bonds is 4. The first-order valence-electron chi connectivity index (χ1n) is 9.28. The second-order valence-corrected chi connectivity index (χ2v) is 7.33. The van der Waals surface area contributed by atoms with Crippen molar-refractivity contribution in [3.8, 4) is 17.1 Å². The predicted molar refractivity (Wildman–Crippen MR) is 108 cm³/mol. The Morgan fingerprint density at radius 2 is 1.96 bits per heavy atom. The van der Waals surface area contributed by atoms with Gasteiger partial charge in [-0.3, -0.25) is 9.89 Å². The number of aromatic amines is 1. The van der Waals surface area contributed by atoms with Crippen molar-refractivity contribution < 1.29 is 9.53 Å². The van der Waals surface area contributed by atoms with E-state index >= 15 is 0 Å². The van der Waals surface area contributed by atoms with Crippen LogP contribution in [0.15, 0.2) is 48.8 Å². The van der Waals surface area contributed by atoms with E-state index in [4.69, 9.17) is 16.3 Å². The summed E-state index contributed by atoms with van der Waals surface area (Å²) in [6, 6.07) is 11.3. The number of benzene rings is 1. The number of amides is 1. The summed E-state index contributed by atoms with van der Waals surface area (Å²) in [6.45, 7) is 3.25. The fraction of sp³-hybridized carbons (Fsp3) is 0.286. The zero-order valence-corrected chi connectivity index (χ0v) is 16.3. The number of carbonyl (C=O) groups excluding carboxylic acids is 1. The van der Waals surface area contributed by atoms with Crippen LogP contribution in [-0.2, 0) is 0 Å². The SMILES string of the molecule is Cc1ccc(OC2CCN(C(=O)c3cn[nH]c3-c3ccccc3Cl)CC2)nc1. The highest BCUT2D eigenvalue weighted by atomic mass is 35.5. The van der Waals surface area contributed by atoms with Crippen molar-refractivity contribution in [1.29, 1.82) is 0 Å². The van der Waals surface area contributed by atoms with Gasteiger partial charge < -0.3 is 9.64 Å². The van der Waals surface area contributed by atoms with Crippen LogP contribution in [0.5, 0.6) is 5.88 Å². The molecule has 3 aromatic rings. The quantitative estimate of drug-likeness (QED) is 0.720. The summed E-state index contributed by atoms with van der Waals surface area (Å²) in [6.07, 6.45) is 4.95. The van der Waals surface area contributed by atoms with E-state index in [1.54, 1.807) is 18.5 Å². The summed E-state index contributed by atoms with van der Waals surface area (Å²) in [5.41, 5.74) is 3.06. The van der Waals surface area contributed by atoms with Crippen LogP contribution in [0.2, 0.25) is 5.02 Å². The van der Waals surface area contributed by atoms with Crippen LogP contribution < -0.4 is 4.74 Å². The van der Waals surface area contributed by atoms with Gasteiger partial charge in [-0.25, -0.2) is 4.98 Å². The molecular formula is C21H21ClN4O2. The number of nitrogens with one attached hydrogen (secondary N) is 1. The van der Waals surface area contributed by atoms with Crippen LogP contribution in [0.25, 0.3) is 11.3 Å². The molecule has 1 fully saturated rings. The molecule has 1 aliphatic heterocycles. The largest absolute Gasteiger partial charge is 0.474 e. The monoisotopic (exact) mass is 396 g/mol. The molecule has 0 atom stereocenters. The number of likely N-dealkylation sites (tertiary alicyclic amines) is 1. The summed E-state index contributed by atoms with van der Waals surface area (Å²) in [5.74, 6) is 0.585. The minimum absolute atomic E-state index is 0.0458. The highest BCUT2D eigenvalue weighted by Gasteiger charge is 2.27. The molecule has 0 radical (unpaired) electrons. The number of ether oxygens (including phenoxy) is 1. The lowest BCUT2D eigenvalue weighted by atomic mass is 10.0. The molecule has 1 N–H and O–H groups in total. The van der Waals surface area contributed by atoms with E-state index in [9.17, 15) is 4.79 Å². The molecule has 7 heteroatoms. The summed E-state index contributed by atoms with van der Waals surface area (Å²) < 4.78 is 5.95. The second-order valence-electron chi connectivity index (χ2n) is 6.92. The molecule has 1 amide bonds. The van der Waals surface area contributed by atoms with Crippen molar-refractivity contribution in [3.05, 3.63) is 64.9 Å². The molecule has 0 spiro atoms. The molecule has 2 aromatic heterocycles. The van der Waals surface area contributed by atoms with E-state index in [1.807, 2.05) is 42.2 Å². The molecule has 0 saturated carbocycles. The van der Waals surface area contributed by atoms with Crippen molar-refractivity contribution in [1.82, 2.24) is 20.1 Å². The highest BCUT2D eigenvalue weighted by molar-refractivity contribution is 6.33. The zero-order chi connectivity index (χ0) is 19.5. The molecule has 4 rings (SSSR count). The van der Waals surface area contributed by atoms with Crippen LogP contribution in [0.3, 0.4) is 0 Å². The maximum absolute atomic E-state index is 13.0. The van der Waals surface area contributed by atoms with Gasteiger partial charge in [0.2, 0.25) is 5.88 Å². The van der Waals surface area contributed by atoms with E-state index in [0.717, 1.165) is 24.0 Å². The molecule has 3 heterocycles. The van der Waals surface area contributed by atoms with Gasteiger partial charge in [0.1, 0.15) is 6.10 Å². The maximum atomic E-state index is 13.0. The molecular weight excluding hydrogens is 376 g/mol. The van der Waals surface area contributed by atoms with Crippen molar-refractivity contribution in [2.24, 2.45) is 0 Å². The van der Waals surface area contributed by atoms with E-state index in [1.165, 1.54) is 0 Å². The van der Waals surface area contributed by atoms with Crippen LogP contribution in [0, 0.1) is 6.92 Å². The lowest BCUT2D eigenvalue weighted by Crippen LogP contribution is -2.41. The van der Waals surface area contributed by atoms with Gasteiger partial charge in [-0.05, 0) is 18.6 Å². The summed E-state index contributed by atoms with van der Waals surface area (Å²) in [5, 5.41) is 7.57. The van der Waals surface area contributed by atoms with Crippen LogP contribution in [0.1, 0.15) is 28.8 Å². The van der Waals surface area contributed by atoms with Gasteiger partial charge in [0.05, 0.1) is 17.5 Å².